The van der Waals surface area contributed by atoms with Crippen molar-refractivity contribution in [3.05, 3.63) is 53.3 Å². The maximum Gasteiger partial charge on any atom is 0.338 e. The normalized spacial score (nSPS) is 10.2. The van der Waals surface area contributed by atoms with Crippen molar-refractivity contribution in [1.82, 2.24) is 4.98 Å². The number of nitrogens with zero attached hydrogens (tertiary/aromatic N) is 1. The lowest BCUT2D eigenvalue weighted by molar-refractivity contribution is 0.0526. The van der Waals surface area contributed by atoms with Crippen LogP contribution in [-0.4, -0.2) is 17.6 Å². The molecule has 0 atom stereocenters. The third-order valence-corrected chi connectivity index (χ3v) is 3.02. The molecule has 0 aliphatic heterocycles. The number of nitrogens with one attached hydrogen (secondary N) is 1. The maximum atomic E-state index is 11.7. The van der Waals surface area contributed by atoms with Crippen LogP contribution in [0.25, 0.3) is 0 Å². The Morgan fingerprint density at radius 3 is 2.81 bits per heavy atom. The molecule has 0 spiro atoms. The number of nitrogen functional groups attached to an aromatic ring is 1. The largest absolute Gasteiger partial charge is 0.462 e. The number of carbonyl (C=O) groups is 1. The minimum atomic E-state index is -0.349. The van der Waals surface area contributed by atoms with Crippen LogP contribution in [0.15, 0.2) is 36.5 Å². The molecule has 0 bridgehead atoms. The lowest BCUT2D eigenvalue weighted by atomic mass is 10.1. The summed E-state index contributed by atoms with van der Waals surface area (Å²) in [5.74, 6) is -0.349. The average molecular weight is 285 g/mol. The van der Waals surface area contributed by atoms with Crippen molar-refractivity contribution >= 4 is 17.3 Å². The van der Waals surface area contributed by atoms with Crippen molar-refractivity contribution in [2.75, 3.05) is 17.7 Å². The van der Waals surface area contributed by atoms with Gasteiger partial charge in [-0.2, -0.15) is 0 Å². The molecule has 0 saturated carbocycles. The van der Waals surface area contributed by atoms with E-state index in [4.69, 9.17) is 10.5 Å². The molecule has 0 unspecified atom stereocenters. The summed E-state index contributed by atoms with van der Waals surface area (Å²) in [5.41, 5.74) is 9.72. The molecule has 5 heteroatoms. The lowest BCUT2D eigenvalue weighted by Gasteiger charge is -2.11. The molecule has 0 saturated heterocycles. The van der Waals surface area contributed by atoms with E-state index in [1.807, 2.05) is 25.3 Å². The third-order valence-electron chi connectivity index (χ3n) is 3.02. The van der Waals surface area contributed by atoms with Crippen molar-refractivity contribution in [1.29, 1.82) is 0 Å². The molecule has 21 heavy (non-hydrogen) atoms. The summed E-state index contributed by atoms with van der Waals surface area (Å²) in [6, 6.07) is 9.01. The number of rotatable bonds is 5. The highest BCUT2D eigenvalue weighted by Crippen LogP contribution is 2.21. The summed E-state index contributed by atoms with van der Waals surface area (Å²) in [6.07, 6.45) is 1.81. The third kappa shape index (κ3) is 3.95. The molecule has 0 radical (unpaired) electrons. The number of hydrogen-bond donors (Lipinski definition) is 2. The lowest BCUT2D eigenvalue weighted by Crippen LogP contribution is -2.08. The minimum absolute atomic E-state index is 0.348. The molecular formula is C16H19N3O2. The van der Waals surface area contributed by atoms with E-state index >= 15 is 0 Å². The number of aromatic nitrogens is 1. The van der Waals surface area contributed by atoms with Gasteiger partial charge in [-0.1, -0.05) is 6.07 Å². The van der Waals surface area contributed by atoms with E-state index in [-0.39, 0.29) is 5.97 Å². The summed E-state index contributed by atoms with van der Waals surface area (Å²) in [4.78, 5) is 16.0. The van der Waals surface area contributed by atoms with E-state index in [1.165, 1.54) is 0 Å². The topological polar surface area (TPSA) is 77.2 Å². The Bertz CT molecular complexity index is 624. The van der Waals surface area contributed by atoms with Crippen LogP contribution in [0.4, 0.5) is 11.4 Å². The number of hydrogen-bond acceptors (Lipinski definition) is 5. The Morgan fingerprint density at radius 2 is 2.14 bits per heavy atom. The molecule has 5 nitrogen and oxygen atoms in total. The van der Waals surface area contributed by atoms with Crippen LogP contribution in [0.1, 0.15) is 28.5 Å². The molecule has 2 aromatic rings. The number of ether oxygens (including phenoxy) is 1. The number of aryl methyl sites for hydroxylation is 1. The van der Waals surface area contributed by atoms with Crippen LogP contribution in [0.3, 0.4) is 0 Å². The van der Waals surface area contributed by atoms with Gasteiger partial charge in [-0.3, -0.25) is 4.98 Å². The van der Waals surface area contributed by atoms with Gasteiger partial charge < -0.3 is 15.8 Å². The molecule has 1 aromatic carbocycles. The van der Waals surface area contributed by atoms with Crippen molar-refractivity contribution in [3.8, 4) is 0 Å². The fourth-order valence-corrected chi connectivity index (χ4v) is 1.85. The number of esters is 1. The van der Waals surface area contributed by atoms with Gasteiger partial charge in [0.25, 0.3) is 0 Å². The van der Waals surface area contributed by atoms with Gasteiger partial charge in [0, 0.05) is 18.4 Å². The molecule has 2 rings (SSSR count). The second-order valence-corrected chi connectivity index (χ2v) is 4.68. The van der Waals surface area contributed by atoms with E-state index in [9.17, 15) is 4.79 Å². The molecule has 1 heterocycles. The number of benzene rings is 1. The van der Waals surface area contributed by atoms with Crippen molar-refractivity contribution in [3.63, 3.8) is 0 Å². The van der Waals surface area contributed by atoms with Gasteiger partial charge in [-0.25, -0.2) is 4.79 Å². The quantitative estimate of drug-likeness (QED) is 0.652. The summed E-state index contributed by atoms with van der Waals surface area (Å²) in [7, 11) is 0. The van der Waals surface area contributed by atoms with Crippen LogP contribution >= 0.6 is 0 Å². The summed E-state index contributed by atoms with van der Waals surface area (Å²) < 4.78 is 4.98. The smallest absolute Gasteiger partial charge is 0.338 e. The highest BCUT2D eigenvalue weighted by molar-refractivity contribution is 5.92. The first kappa shape index (κ1) is 14.8. The molecule has 0 aliphatic rings. The molecule has 0 fully saturated rings. The van der Waals surface area contributed by atoms with E-state index < -0.39 is 0 Å². The first-order valence-corrected chi connectivity index (χ1v) is 6.82. The molecule has 0 aliphatic carbocycles. The predicted molar refractivity (Wildman–Crippen MR) is 83.1 cm³/mol. The fraction of sp³-hybridized carbons (Fsp3) is 0.250. The van der Waals surface area contributed by atoms with E-state index in [0.29, 0.717) is 30.1 Å². The second kappa shape index (κ2) is 6.74. The summed E-state index contributed by atoms with van der Waals surface area (Å²) in [5, 5.41) is 3.21. The Morgan fingerprint density at radius 1 is 1.33 bits per heavy atom. The summed E-state index contributed by atoms with van der Waals surface area (Å²) in [6.45, 7) is 4.65. The number of pyridine rings is 1. The molecular weight excluding hydrogens is 266 g/mol. The predicted octanol–water partition coefficient (Wildman–Crippen LogP) is 2.76. The number of anilines is 2. The van der Waals surface area contributed by atoms with Gasteiger partial charge in [0.2, 0.25) is 0 Å². The van der Waals surface area contributed by atoms with E-state index in [2.05, 4.69) is 10.3 Å². The monoisotopic (exact) mass is 285 g/mol. The van der Waals surface area contributed by atoms with Crippen LogP contribution in [0.5, 0.6) is 0 Å². The first-order valence-electron chi connectivity index (χ1n) is 6.82. The van der Waals surface area contributed by atoms with Gasteiger partial charge in [0.05, 0.1) is 23.5 Å². The summed E-state index contributed by atoms with van der Waals surface area (Å²) >= 11 is 0. The van der Waals surface area contributed by atoms with Gasteiger partial charge >= 0.3 is 5.97 Å². The van der Waals surface area contributed by atoms with Gasteiger partial charge in [0.1, 0.15) is 0 Å². The number of carbonyl (C=O) groups excluding carboxylic acids is 1. The van der Waals surface area contributed by atoms with E-state index in [0.717, 1.165) is 11.3 Å². The molecule has 1 aromatic heterocycles. The minimum Gasteiger partial charge on any atom is -0.462 e. The zero-order chi connectivity index (χ0) is 15.2. The molecule has 110 valence electrons. The van der Waals surface area contributed by atoms with Crippen molar-refractivity contribution in [2.45, 2.75) is 20.4 Å². The Labute approximate surface area is 124 Å². The molecule has 0 amide bonds. The zero-order valence-electron chi connectivity index (χ0n) is 12.2. The maximum absolute atomic E-state index is 11.7. The van der Waals surface area contributed by atoms with Crippen LogP contribution in [-0.2, 0) is 11.3 Å². The van der Waals surface area contributed by atoms with Gasteiger partial charge in [0.15, 0.2) is 0 Å². The highest BCUT2D eigenvalue weighted by atomic mass is 16.5. The van der Waals surface area contributed by atoms with E-state index in [1.54, 1.807) is 25.1 Å². The van der Waals surface area contributed by atoms with Gasteiger partial charge in [-0.05, 0) is 43.7 Å². The first-order chi connectivity index (χ1) is 10.1. The highest BCUT2D eigenvalue weighted by Gasteiger charge is 2.09. The van der Waals surface area contributed by atoms with Gasteiger partial charge in [-0.15, -0.1) is 0 Å². The van der Waals surface area contributed by atoms with Crippen LogP contribution < -0.4 is 11.1 Å². The van der Waals surface area contributed by atoms with Crippen LogP contribution in [0.2, 0.25) is 0 Å². The zero-order valence-corrected chi connectivity index (χ0v) is 12.2. The Kier molecular flexibility index (Phi) is 4.77. The standard InChI is InChI=1S/C16H19N3O2/c1-3-21-16(20)13-6-7-14(17)15(8-13)19-10-12-5-4-11(2)18-9-12/h4-9,19H,3,10,17H2,1-2H3. The van der Waals surface area contributed by atoms with Crippen molar-refractivity contribution in [2.24, 2.45) is 0 Å². The van der Waals surface area contributed by atoms with Crippen LogP contribution in [0, 0.1) is 6.92 Å². The van der Waals surface area contributed by atoms with Crippen molar-refractivity contribution < 1.29 is 9.53 Å². The number of nitrogens with two attached hydrogens (primary N) is 1. The molecule has 3 N–H and O–H groups in total. The average Bonchev–Trinajstić information content (AvgIpc) is 2.48. The Hall–Kier alpha value is -2.56. The Balaban J connectivity index is 2.10. The fourth-order valence-electron chi connectivity index (χ4n) is 1.85. The SMILES string of the molecule is CCOC(=O)c1ccc(N)c(NCc2ccc(C)nc2)c1. The second-order valence-electron chi connectivity index (χ2n) is 4.68.